The van der Waals surface area contributed by atoms with Gasteiger partial charge in [-0.1, -0.05) is 17.7 Å². The fourth-order valence-electron chi connectivity index (χ4n) is 4.76. The Bertz CT molecular complexity index is 705. The summed E-state index contributed by atoms with van der Waals surface area (Å²) in [6.07, 6.45) is 2.61. The Kier molecular flexibility index (Phi) is 4.80. The first-order valence-corrected chi connectivity index (χ1v) is 9.67. The van der Waals surface area contributed by atoms with Crippen LogP contribution in [0.3, 0.4) is 0 Å². The Balaban J connectivity index is 1.32. The highest BCUT2D eigenvalue weighted by molar-refractivity contribution is 6.30. The molecule has 0 aliphatic carbocycles. The molecule has 0 saturated carbocycles. The standard InChI is InChI=1S/C19H24ClN3O3/c20-13-2-1-3-14(10-13)21-6-8-22(9-7-21)18(24)12-23-15-4-5-17(23)16(11-15)19(25)26/h1-3,10,15-17H,4-9,11-12H2,(H,25,26). The van der Waals surface area contributed by atoms with Crippen LogP contribution < -0.4 is 4.90 Å². The van der Waals surface area contributed by atoms with Crippen molar-refractivity contribution in [1.82, 2.24) is 9.80 Å². The normalized spacial score (nSPS) is 28.6. The van der Waals surface area contributed by atoms with E-state index in [2.05, 4.69) is 9.80 Å². The minimum absolute atomic E-state index is 0.0363. The first-order chi connectivity index (χ1) is 12.5. The summed E-state index contributed by atoms with van der Waals surface area (Å²) >= 11 is 6.07. The van der Waals surface area contributed by atoms with Gasteiger partial charge in [-0.25, -0.2) is 0 Å². The molecule has 3 fully saturated rings. The van der Waals surface area contributed by atoms with E-state index in [0.717, 1.165) is 36.6 Å². The predicted octanol–water partition coefficient (Wildman–Crippen LogP) is 1.93. The molecule has 3 aliphatic heterocycles. The number of hydrogen-bond acceptors (Lipinski definition) is 4. The molecule has 140 valence electrons. The molecule has 1 aromatic carbocycles. The van der Waals surface area contributed by atoms with Crippen molar-refractivity contribution in [1.29, 1.82) is 0 Å². The van der Waals surface area contributed by atoms with Gasteiger partial charge in [-0.05, 0) is 37.5 Å². The largest absolute Gasteiger partial charge is 0.481 e. The van der Waals surface area contributed by atoms with Crippen LogP contribution in [0.15, 0.2) is 24.3 Å². The molecule has 0 spiro atoms. The molecule has 4 rings (SSSR count). The molecule has 7 heteroatoms. The van der Waals surface area contributed by atoms with Crippen LogP contribution in [0.2, 0.25) is 5.02 Å². The summed E-state index contributed by atoms with van der Waals surface area (Å²) in [6.45, 7) is 3.32. The Labute approximate surface area is 158 Å². The number of fused-ring (bicyclic) bond motifs is 2. The van der Waals surface area contributed by atoms with E-state index in [4.69, 9.17) is 11.6 Å². The lowest BCUT2D eigenvalue weighted by Gasteiger charge is -2.37. The van der Waals surface area contributed by atoms with E-state index in [1.807, 2.05) is 29.2 Å². The second-order valence-electron chi connectivity index (χ2n) is 7.50. The third-order valence-electron chi connectivity index (χ3n) is 6.12. The number of benzene rings is 1. The summed E-state index contributed by atoms with van der Waals surface area (Å²) in [5, 5.41) is 10.1. The van der Waals surface area contributed by atoms with E-state index in [0.29, 0.717) is 26.1 Å². The van der Waals surface area contributed by atoms with Gasteiger partial charge in [-0.3, -0.25) is 14.5 Å². The van der Waals surface area contributed by atoms with Crippen molar-refractivity contribution in [3.8, 4) is 0 Å². The SMILES string of the molecule is O=C(O)C1CC2CCC1N2CC(=O)N1CCN(c2cccc(Cl)c2)CC1. The van der Waals surface area contributed by atoms with Gasteiger partial charge in [-0.2, -0.15) is 0 Å². The fraction of sp³-hybridized carbons (Fsp3) is 0.579. The van der Waals surface area contributed by atoms with E-state index >= 15 is 0 Å². The molecule has 1 amide bonds. The van der Waals surface area contributed by atoms with E-state index in [9.17, 15) is 14.7 Å². The van der Waals surface area contributed by atoms with E-state index in [-0.39, 0.29) is 23.9 Å². The van der Waals surface area contributed by atoms with Gasteiger partial charge < -0.3 is 14.9 Å². The summed E-state index contributed by atoms with van der Waals surface area (Å²) in [5.41, 5.74) is 1.09. The number of carboxylic acid groups (broad SMARTS) is 1. The van der Waals surface area contributed by atoms with Crippen LogP contribution in [0.4, 0.5) is 5.69 Å². The predicted molar refractivity (Wildman–Crippen MR) is 99.5 cm³/mol. The highest BCUT2D eigenvalue weighted by atomic mass is 35.5. The van der Waals surface area contributed by atoms with Crippen LogP contribution in [-0.2, 0) is 9.59 Å². The van der Waals surface area contributed by atoms with Gasteiger partial charge in [0.25, 0.3) is 0 Å². The van der Waals surface area contributed by atoms with Crippen LogP contribution in [0, 0.1) is 5.92 Å². The maximum atomic E-state index is 12.7. The Morgan fingerprint density at radius 2 is 1.92 bits per heavy atom. The third-order valence-corrected chi connectivity index (χ3v) is 6.36. The first kappa shape index (κ1) is 17.6. The van der Waals surface area contributed by atoms with Gasteiger partial charge in [0.05, 0.1) is 12.5 Å². The smallest absolute Gasteiger partial charge is 0.308 e. The lowest BCUT2D eigenvalue weighted by atomic mass is 9.89. The molecular formula is C19H24ClN3O3. The molecule has 3 atom stereocenters. The molecule has 0 radical (unpaired) electrons. The average Bonchev–Trinajstić information content (AvgIpc) is 3.19. The van der Waals surface area contributed by atoms with E-state index < -0.39 is 5.97 Å². The molecule has 2 bridgehead atoms. The van der Waals surface area contributed by atoms with Gasteiger partial charge in [0, 0.05) is 49.0 Å². The topological polar surface area (TPSA) is 64.1 Å². The summed E-state index contributed by atoms with van der Waals surface area (Å²) in [7, 11) is 0. The number of amides is 1. The minimum atomic E-state index is -0.718. The Morgan fingerprint density at radius 1 is 1.15 bits per heavy atom. The van der Waals surface area contributed by atoms with Gasteiger partial charge in [0.15, 0.2) is 0 Å². The van der Waals surface area contributed by atoms with Crippen LogP contribution in [-0.4, -0.2) is 71.6 Å². The number of carbonyl (C=O) groups excluding carboxylic acids is 1. The summed E-state index contributed by atoms with van der Waals surface area (Å²) < 4.78 is 0. The maximum absolute atomic E-state index is 12.7. The molecule has 0 aromatic heterocycles. The van der Waals surface area contributed by atoms with E-state index in [1.165, 1.54) is 0 Å². The number of anilines is 1. The van der Waals surface area contributed by atoms with Crippen molar-refractivity contribution in [2.75, 3.05) is 37.6 Å². The molecule has 3 aliphatic rings. The summed E-state index contributed by atoms with van der Waals surface area (Å²) in [6, 6.07) is 8.09. The monoisotopic (exact) mass is 377 g/mol. The van der Waals surface area contributed by atoms with Gasteiger partial charge in [-0.15, -0.1) is 0 Å². The number of aliphatic carboxylic acids is 1. The van der Waals surface area contributed by atoms with Crippen molar-refractivity contribution in [2.45, 2.75) is 31.3 Å². The van der Waals surface area contributed by atoms with Crippen LogP contribution in [0.25, 0.3) is 0 Å². The first-order valence-electron chi connectivity index (χ1n) is 9.30. The van der Waals surface area contributed by atoms with Crippen molar-refractivity contribution in [3.05, 3.63) is 29.3 Å². The highest BCUT2D eigenvalue weighted by Gasteiger charge is 2.49. The maximum Gasteiger partial charge on any atom is 0.308 e. The Hall–Kier alpha value is -1.79. The lowest BCUT2D eigenvalue weighted by Crippen LogP contribution is -2.52. The third kappa shape index (κ3) is 3.28. The fourth-order valence-corrected chi connectivity index (χ4v) is 4.94. The summed E-state index contributed by atoms with van der Waals surface area (Å²) in [5.74, 6) is -0.898. The molecular weight excluding hydrogens is 354 g/mol. The highest BCUT2D eigenvalue weighted by Crippen LogP contribution is 2.41. The average molecular weight is 378 g/mol. The second-order valence-corrected chi connectivity index (χ2v) is 7.94. The number of carbonyl (C=O) groups is 2. The van der Waals surface area contributed by atoms with Crippen molar-refractivity contribution in [3.63, 3.8) is 0 Å². The van der Waals surface area contributed by atoms with Crippen LogP contribution in [0.5, 0.6) is 0 Å². The van der Waals surface area contributed by atoms with Gasteiger partial charge in [0.1, 0.15) is 0 Å². The van der Waals surface area contributed by atoms with E-state index in [1.54, 1.807) is 0 Å². The number of carboxylic acids is 1. The van der Waals surface area contributed by atoms with Gasteiger partial charge >= 0.3 is 5.97 Å². The van der Waals surface area contributed by atoms with Crippen molar-refractivity contribution < 1.29 is 14.7 Å². The van der Waals surface area contributed by atoms with Gasteiger partial charge in [0.2, 0.25) is 5.91 Å². The number of halogens is 1. The molecule has 3 unspecified atom stereocenters. The number of nitrogens with zero attached hydrogens (tertiary/aromatic N) is 3. The zero-order valence-electron chi connectivity index (χ0n) is 14.7. The molecule has 26 heavy (non-hydrogen) atoms. The lowest BCUT2D eigenvalue weighted by molar-refractivity contribution is -0.143. The summed E-state index contributed by atoms with van der Waals surface area (Å²) in [4.78, 5) is 30.4. The molecule has 1 aromatic rings. The van der Waals surface area contributed by atoms with Crippen LogP contribution >= 0.6 is 11.6 Å². The second kappa shape index (κ2) is 7.08. The molecule has 6 nitrogen and oxygen atoms in total. The molecule has 3 saturated heterocycles. The van der Waals surface area contributed by atoms with Crippen molar-refractivity contribution >= 4 is 29.2 Å². The zero-order chi connectivity index (χ0) is 18.3. The Morgan fingerprint density at radius 3 is 2.58 bits per heavy atom. The zero-order valence-corrected chi connectivity index (χ0v) is 15.4. The van der Waals surface area contributed by atoms with Crippen LogP contribution in [0.1, 0.15) is 19.3 Å². The minimum Gasteiger partial charge on any atom is -0.481 e. The molecule has 3 heterocycles. The number of rotatable bonds is 4. The number of hydrogen-bond donors (Lipinski definition) is 1. The quantitative estimate of drug-likeness (QED) is 0.868. The molecule has 1 N–H and O–H groups in total. The number of piperazine rings is 1. The van der Waals surface area contributed by atoms with Crippen molar-refractivity contribution in [2.24, 2.45) is 5.92 Å².